The summed E-state index contributed by atoms with van der Waals surface area (Å²) in [5.74, 6) is 0. The van der Waals surface area contributed by atoms with Crippen LogP contribution >= 0.6 is 25.6 Å². The molecule has 0 bridgehead atoms. The molecule has 0 rings (SSSR count). The van der Waals surface area contributed by atoms with Crippen LogP contribution in [0.5, 0.6) is 0 Å². The van der Waals surface area contributed by atoms with E-state index in [0.717, 1.165) is 0 Å². The molecule has 4 heteroatoms. The third-order valence-electron chi connectivity index (χ3n) is 0.200. The smallest absolute Gasteiger partial charge is 0.0538 e. The molecule has 0 aromatic carbocycles. The van der Waals surface area contributed by atoms with Gasteiger partial charge in [0.15, 0.2) is 0 Å². The number of hydrogen-bond donors (Lipinski definition) is 2. The quantitative estimate of drug-likeness (QED) is 0.378. The van der Waals surface area contributed by atoms with Crippen LogP contribution in [0, 0.1) is 0 Å². The summed E-state index contributed by atoms with van der Waals surface area (Å²) in [6.07, 6.45) is 2.85. The van der Waals surface area contributed by atoms with Gasteiger partial charge in [0.25, 0.3) is 0 Å². The highest BCUT2D eigenvalue weighted by atomic mass is 32.1. The van der Waals surface area contributed by atoms with Crippen LogP contribution in [0.1, 0.15) is 0 Å². The standard InChI is InChI=1S/C2H4N2S2/c5-3-1-2-4-6/h1-2,5-6H. The molecule has 0 radical (unpaired) electrons. The van der Waals surface area contributed by atoms with E-state index in [1.54, 1.807) is 0 Å². The van der Waals surface area contributed by atoms with Gasteiger partial charge in [-0.1, -0.05) is 0 Å². The number of thiol groups is 2. The molecule has 0 aromatic rings. The van der Waals surface area contributed by atoms with E-state index in [0.29, 0.717) is 0 Å². The molecule has 0 spiro atoms. The Labute approximate surface area is 47.5 Å². The average Bonchev–Trinajstić information content (AvgIpc) is 1.61. The highest BCUT2D eigenvalue weighted by Crippen LogP contribution is 1.68. The summed E-state index contributed by atoms with van der Waals surface area (Å²) in [5.41, 5.74) is 0. The summed E-state index contributed by atoms with van der Waals surface area (Å²) >= 11 is 7.00. The van der Waals surface area contributed by atoms with Gasteiger partial charge in [-0.05, 0) is 25.6 Å². The maximum atomic E-state index is 3.50. The molecule has 0 atom stereocenters. The number of nitrogens with zero attached hydrogens (tertiary/aromatic N) is 2. The van der Waals surface area contributed by atoms with Crippen LogP contribution in [-0.2, 0) is 0 Å². The molecule has 2 nitrogen and oxygen atoms in total. The fraction of sp³-hybridized carbons (Fsp3) is 0. The molecule has 0 aromatic heterocycles. The second-order valence-electron chi connectivity index (χ2n) is 0.529. The predicted octanol–water partition coefficient (Wildman–Crippen LogP) is 0.818. The van der Waals surface area contributed by atoms with Crippen molar-refractivity contribution in [2.24, 2.45) is 8.80 Å². The number of rotatable bonds is 1. The maximum Gasteiger partial charge on any atom is 0.0538 e. The molecule has 0 saturated heterocycles. The Kier molecular flexibility index (Phi) is 5.07. The van der Waals surface area contributed by atoms with Gasteiger partial charge >= 0.3 is 0 Å². The second kappa shape index (κ2) is 5.04. The molecule has 0 N–H and O–H groups in total. The van der Waals surface area contributed by atoms with Gasteiger partial charge in [0.2, 0.25) is 0 Å². The molecule has 0 aliphatic rings. The molecule has 34 valence electrons. The first-order valence-electron chi connectivity index (χ1n) is 1.25. The highest BCUT2D eigenvalue weighted by molar-refractivity contribution is 7.79. The Hall–Kier alpha value is 0.0400. The minimum absolute atomic E-state index is 1.43. The minimum Gasteiger partial charge on any atom is -0.226 e. The van der Waals surface area contributed by atoms with E-state index in [9.17, 15) is 0 Å². The van der Waals surface area contributed by atoms with Crippen molar-refractivity contribution >= 4 is 38.1 Å². The zero-order chi connectivity index (χ0) is 4.83. The molecular formula is C2H4N2S2. The molecule has 0 heterocycles. The second-order valence-corrected chi connectivity index (χ2v) is 0.991. The van der Waals surface area contributed by atoms with Crippen LogP contribution in [0.3, 0.4) is 0 Å². The van der Waals surface area contributed by atoms with Crippen molar-refractivity contribution in [2.45, 2.75) is 0 Å². The van der Waals surface area contributed by atoms with E-state index in [-0.39, 0.29) is 0 Å². The summed E-state index contributed by atoms with van der Waals surface area (Å²) in [4.78, 5) is 0. The van der Waals surface area contributed by atoms with Crippen LogP contribution in [-0.4, -0.2) is 12.4 Å². The first kappa shape index (κ1) is 6.04. The van der Waals surface area contributed by atoms with Crippen LogP contribution in [0.15, 0.2) is 8.80 Å². The summed E-state index contributed by atoms with van der Waals surface area (Å²) in [7, 11) is 0. The lowest BCUT2D eigenvalue weighted by molar-refractivity contribution is 2.00. The molecule has 0 amide bonds. The van der Waals surface area contributed by atoms with Crippen molar-refractivity contribution in [3.05, 3.63) is 0 Å². The SMILES string of the molecule is SN=CC=NS. The normalized spacial score (nSPS) is 11.7. The van der Waals surface area contributed by atoms with Gasteiger partial charge in [-0.25, -0.2) is 8.80 Å². The van der Waals surface area contributed by atoms with Crippen molar-refractivity contribution in [3.8, 4) is 0 Å². The van der Waals surface area contributed by atoms with Gasteiger partial charge in [0.1, 0.15) is 0 Å². The third kappa shape index (κ3) is 4.04. The van der Waals surface area contributed by atoms with E-state index < -0.39 is 0 Å². The summed E-state index contributed by atoms with van der Waals surface area (Å²) < 4.78 is 6.59. The molecule has 0 aliphatic heterocycles. The Balaban J connectivity index is 3.07. The lowest BCUT2D eigenvalue weighted by Gasteiger charge is -1.61. The first-order valence-corrected chi connectivity index (χ1v) is 2.05. The van der Waals surface area contributed by atoms with Crippen molar-refractivity contribution < 1.29 is 0 Å². The van der Waals surface area contributed by atoms with Gasteiger partial charge in [-0.2, -0.15) is 0 Å². The number of hydrogen-bond acceptors (Lipinski definition) is 4. The molecule has 0 unspecified atom stereocenters. The van der Waals surface area contributed by atoms with Crippen molar-refractivity contribution in [2.75, 3.05) is 0 Å². The largest absolute Gasteiger partial charge is 0.226 e. The zero-order valence-electron chi connectivity index (χ0n) is 2.94. The summed E-state index contributed by atoms with van der Waals surface area (Å²) in [6.45, 7) is 0. The molecular weight excluding hydrogens is 116 g/mol. The Bertz CT molecular complexity index is 57.9. The van der Waals surface area contributed by atoms with Crippen LogP contribution in [0.25, 0.3) is 0 Å². The van der Waals surface area contributed by atoms with E-state index >= 15 is 0 Å². The van der Waals surface area contributed by atoms with Crippen molar-refractivity contribution in [1.82, 2.24) is 0 Å². The van der Waals surface area contributed by atoms with E-state index in [4.69, 9.17) is 0 Å². The van der Waals surface area contributed by atoms with Crippen molar-refractivity contribution in [1.29, 1.82) is 0 Å². The summed E-state index contributed by atoms with van der Waals surface area (Å²) in [5, 5.41) is 0. The molecule has 0 fully saturated rings. The van der Waals surface area contributed by atoms with E-state index in [1.807, 2.05) is 0 Å². The predicted molar refractivity (Wildman–Crippen MR) is 35.0 cm³/mol. The van der Waals surface area contributed by atoms with Gasteiger partial charge in [-0.15, -0.1) is 0 Å². The van der Waals surface area contributed by atoms with Gasteiger partial charge in [0.05, 0.1) is 12.4 Å². The Morgan fingerprint density at radius 3 is 1.50 bits per heavy atom. The lowest BCUT2D eigenvalue weighted by atomic mass is 10.9. The van der Waals surface area contributed by atoms with E-state index in [2.05, 4.69) is 34.4 Å². The van der Waals surface area contributed by atoms with Crippen LogP contribution in [0.4, 0.5) is 0 Å². The fourth-order valence-electron chi connectivity index (χ4n) is 0.0596. The first-order chi connectivity index (χ1) is 2.91. The van der Waals surface area contributed by atoms with Gasteiger partial charge in [0, 0.05) is 0 Å². The molecule has 0 aliphatic carbocycles. The fourth-order valence-corrected chi connectivity index (χ4v) is 0.179. The Morgan fingerprint density at radius 1 is 1.00 bits per heavy atom. The van der Waals surface area contributed by atoms with Crippen LogP contribution in [0.2, 0.25) is 0 Å². The van der Waals surface area contributed by atoms with Crippen molar-refractivity contribution in [3.63, 3.8) is 0 Å². The monoisotopic (exact) mass is 120 g/mol. The van der Waals surface area contributed by atoms with Gasteiger partial charge in [-0.3, -0.25) is 0 Å². The van der Waals surface area contributed by atoms with Crippen LogP contribution < -0.4 is 0 Å². The highest BCUT2D eigenvalue weighted by Gasteiger charge is 1.51. The zero-order valence-corrected chi connectivity index (χ0v) is 4.73. The van der Waals surface area contributed by atoms with Gasteiger partial charge < -0.3 is 0 Å². The minimum atomic E-state index is 1.43. The Morgan fingerprint density at radius 2 is 1.33 bits per heavy atom. The average molecular weight is 120 g/mol. The summed E-state index contributed by atoms with van der Waals surface area (Å²) in [6, 6.07) is 0. The third-order valence-corrected chi connectivity index (χ3v) is 0.467. The maximum absolute atomic E-state index is 3.50. The molecule has 6 heavy (non-hydrogen) atoms. The topological polar surface area (TPSA) is 24.7 Å². The lowest BCUT2D eigenvalue weighted by Crippen LogP contribution is -1.64. The van der Waals surface area contributed by atoms with E-state index in [1.165, 1.54) is 12.4 Å². The molecule has 0 saturated carbocycles.